The van der Waals surface area contributed by atoms with Crippen molar-refractivity contribution in [3.63, 3.8) is 0 Å². The predicted octanol–water partition coefficient (Wildman–Crippen LogP) is 1.75. The number of nitrogens with zero attached hydrogens (tertiary/aromatic N) is 2. The lowest BCUT2D eigenvalue weighted by Crippen LogP contribution is -2.45. The van der Waals surface area contributed by atoms with Gasteiger partial charge in [-0.15, -0.1) is 0 Å². The Morgan fingerprint density at radius 3 is 2.83 bits per heavy atom. The maximum atomic E-state index is 10.8. The van der Waals surface area contributed by atoms with E-state index < -0.39 is 5.91 Å². The van der Waals surface area contributed by atoms with Crippen molar-refractivity contribution in [3.05, 3.63) is 29.8 Å². The van der Waals surface area contributed by atoms with Gasteiger partial charge in [0.05, 0.1) is 6.54 Å². The lowest BCUT2D eigenvalue weighted by Gasteiger charge is -2.33. The van der Waals surface area contributed by atoms with Gasteiger partial charge in [0, 0.05) is 19.6 Å². The Morgan fingerprint density at radius 1 is 1.42 bits per heavy atom. The number of hydrogen-bond donors (Lipinski definition) is 2. The van der Waals surface area contributed by atoms with Crippen LogP contribution in [0.3, 0.4) is 0 Å². The van der Waals surface area contributed by atoms with Gasteiger partial charge >= 0.3 is 0 Å². The molecule has 1 heterocycles. The summed E-state index contributed by atoms with van der Waals surface area (Å²) in [7, 11) is 0. The van der Waals surface area contributed by atoms with E-state index in [0.717, 1.165) is 37.1 Å². The van der Waals surface area contributed by atoms with Gasteiger partial charge in [0.2, 0.25) is 0 Å². The standard InChI is InChI=1S/C18H28N4O2/c1-3-20-18(22-9-7-14(2)8-10-22)21-12-15-5-4-6-16(11-15)24-13-17(19)23/h4-6,11,14H,3,7-10,12-13H2,1-2H3,(H2,19,23)(H,20,21). The maximum Gasteiger partial charge on any atom is 0.255 e. The number of amides is 1. The lowest BCUT2D eigenvalue weighted by molar-refractivity contribution is -0.119. The molecule has 0 saturated carbocycles. The molecule has 1 aliphatic heterocycles. The first-order valence-electron chi connectivity index (χ1n) is 8.61. The van der Waals surface area contributed by atoms with Crippen LogP contribution in [0.25, 0.3) is 0 Å². The first kappa shape index (κ1) is 18.1. The van der Waals surface area contributed by atoms with Crippen molar-refractivity contribution in [2.75, 3.05) is 26.2 Å². The van der Waals surface area contributed by atoms with E-state index in [4.69, 9.17) is 15.5 Å². The number of primary amides is 1. The molecule has 0 spiro atoms. The summed E-state index contributed by atoms with van der Waals surface area (Å²) in [5.41, 5.74) is 6.14. The molecule has 1 aromatic carbocycles. The number of rotatable bonds is 6. The Balaban J connectivity index is 2.00. The average Bonchev–Trinajstić information content (AvgIpc) is 2.58. The Labute approximate surface area is 144 Å². The largest absolute Gasteiger partial charge is 0.484 e. The van der Waals surface area contributed by atoms with Crippen LogP contribution >= 0.6 is 0 Å². The molecule has 1 saturated heterocycles. The SMILES string of the molecule is CCNC(=NCc1cccc(OCC(N)=O)c1)N1CCC(C)CC1. The number of carbonyl (C=O) groups is 1. The van der Waals surface area contributed by atoms with E-state index in [0.29, 0.717) is 12.3 Å². The first-order chi connectivity index (χ1) is 11.6. The smallest absolute Gasteiger partial charge is 0.255 e. The molecule has 0 bridgehead atoms. The molecule has 0 atom stereocenters. The minimum Gasteiger partial charge on any atom is -0.484 e. The summed E-state index contributed by atoms with van der Waals surface area (Å²) in [6.45, 7) is 7.80. The van der Waals surface area contributed by atoms with Crippen molar-refractivity contribution in [2.24, 2.45) is 16.6 Å². The number of carbonyl (C=O) groups excluding carboxylic acids is 1. The van der Waals surface area contributed by atoms with E-state index in [2.05, 4.69) is 24.1 Å². The molecular weight excluding hydrogens is 304 g/mol. The van der Waals surface area contributed by atoms with E-state index >= 15 is 0 Å². The normalized spacial score (nSPS) is 16.1. The highest BCUT2D eigenvalue weighted by atomic mass is 16.5. The van der Waals surface area contributed by atoms with Crippen LogP contribution in [0, 0.1) is 5.92 Å². The number of nitrogens with one attached hydrogen (secondary N) is 1. The van der Waals surface area contributed by atoms with Gasteiger partial charge in [0.1, 0.15) is 5.75 Å². The van der Waals surface area contributed by atoms with Crippen LogP contribution in [0.2, 0.25) is 0 Å². The molecule has 1 aromatic rings. The number of nitrogens with two attached hydrogens (primary N) is 1. The van der Waals surface area contributed by atoms with E-state index in [9.17, 15) is 4.79 Å². The summed E-state index contributed by atoms with van der Waals surface area (Å²) in [6, 6.07) is 7.61. The summed E-state index contributed by atoms with van der Waals surface area (Å²) in [5, 5.41) is 3.38. The van der Waals surface area contributed by atoms with E-state index in [1.165, 1.54) is 12.8 Å². The summed E-state index contributed by atoms with van der Waals surface area (Å²) >= 11 is 0. The molecule has 3 N–H and O–H groups in total. The zero-order valence-electron chi connectivity index (χ0n) is 14.6. The second-order valence-corrected chi connectivity index (χ2v) is 6.24. The minimum absolute atomic E-state index is 0.110. The number of likely N-dealkylation sites (tertiary alicyclic amines) is 1. The van der Waals surface area contributed by atoms with Gasteiger partial charge in [-0.25, -0.2) is 4.99 Å². The van der Waals surface area contributed by atoms with Crippen molar-refractivity contribution in [1.82, 2.24) is 10.2 Å². The monoisotopic (exact) mass is 332 g/mol. The molecule has 0 aliphatic carbocycles. The van der Waals surface area contributed by atoms with Gasteiger partial charge in [0.15, 0.2) is 12.6 Å². The number of benzene rings is 1. The van der Waals surface area contributed by atoms with Gasteiger partial charge < -0.3 is 20.7 Å². The fraction of sp³-hybridized carbons (Fsp3) is 0.556. The number of aliphatic imine (C=N–C) groups is 1. The molecule has 1 fully saturated rings. The summed E-state index contributed by atoms with van der Waals surface area (Å²) in [6.07, 6.45) is 2.42. The molecule has 132 valence electrons. The minimum atomic E-state index is -0.479. The van der Waals surface area contributed by atoms with Crippen LogP contribution in [-0.2, 0) is 11.3 Å². The highest BCUT2D eigenvalue weighted by Gasteiger charge is 2.18. The van der Waals surface area contributed by atoms with Crippen molar-refractivity contribution in [2.45, 2.75) is 33.2 Å². The second kappa shape index (κ2) is 9.15. The highest BCUT2D eigenvalue weighted by molar-refractivity contribution is 5.80. The van der Waals surface area contributed by atoms with Crippen LogP contribution < -0.4 is 15.8 Å². The third-order valence-electron chi connectivity index (χ3n) is 4.11. The molecule has 24 heavy (non-hydrogen) atoms. The number of ether oxygens (including phenoxy) is 1. The van der Waals surface area contributed by atoms with Crippen molar-refractivity contribution in [3.8, 4) is 5.75 Å². The Hall–Kier alpha value is -2.24. The van der Waals surface area contributed by atoms with E-state index in [1.807, 2.05) is 24.3 Å². The molecular formula is C18H28N4O2. The number of piperidine rings is 1. The molecule has 0 aromatic heterocycles. The fourth-order valence-electron chi connectivity index (χ4n) is 2.70. The van der Waals surface area contributed by atoms with Crippen molar-refractivity contribution < 1.29 is 9.53 Å². The van der Waals surface area contributed by atoms with E-state index in [1.54, 1.807) is 0 Å². The Morgan fingerprint density at radius 2 is 2.17 bits per heavy atom. The molecule has 6 nitrogen and oxygen atoms in total. The molecule has 0 radical (unpaired) electrons. The van der Waals surface area contributed by atoms with Gasteiger partial charge in [0.25, 0.3) is 5.91 Å². The Bertz CT molecular complexity index is 566. The lowest BCUT2D eigenvalue weighted by atomic mass is 10.00. The molecule has 1 aliphatic rings. The van der Waals surface area contributed by atoms with Gasteiger partial charge in [-0.3, -0.25) is 4.79 Å². The van der Waals surface area contributed by atoms with E-state index in [-0.39, 0.29) is 6.61 Å². The second-order valence-electron chi connectivity index (χ2n) is 6.24. The summed E-state index contributed by atoms with van der Waals surface area (Å²) in [4.78, 5) is 17.9. The van der Waals surface area contributed by atoms with Crippen LogP contribution in [0.5, 0.6) is 5.75 Å². The maximum absolute atomic E-state index is 10.8. The van der Waals surface area contributed by atoms with Crippen LogP contribution in [0.4, 0.5) is 0 Å². The summed E-state index contributed by atoms with van der Waals surface area (Å²) < 4.78 is 5.34. The fourth-order valence-corrected chi connectivity index (χ4v) is 2.70. The number of guanidine groups is 1. The third kappa shape index (κ3) is 5.76. The van der Waals surface area contributed by atoms with Gasteiger partial charge in [-0.1, -0.05) is 19.1 Å². The van der Waals surface area contributed by atoms with Gasteiger partial charge in [-0.05, 0) is 43.4 Å². The molecule has 2 rings (SSSR count). The van der Waals surface area contributed by atoms with Crippen LogP contribution in [0.15, 0.2) is 29.3 Å². The zero-order valence-corrected chi connectivity index (χ0v) is 14.6. The zero-order chi connectivity index (χ0) is 17.4. The van der Waals surface area contributed by atoms with Crippen molar-refractivity contribution in [1.29, 1.82) is 0 Å². The summed E-state index contributed by atoms with van der Waals surface area (Å²) in [5.74, 6) is 1.92. The third-order valence-corrected chi connectivity index (χ3v) is 4.11. The highest BCUT2D eigenvalue weighted by Crippen LogP contribution is 2.17. The number of hydrogen-bond acceptors (Lipinski definition) is 3. The first-order valence-corrected chi connectivity index (χ1v) is 8.61. The van der Waals surface area contributed by atoms with Crippen molar-refractivity contribution >= 4 is 11.9 Å². The molecule has 1 amide bonds. The Kier molecular flexibility index (Phi) is 6.90. The molecule has 0 unspecified atom stereocenters. The van der Waals surface area contributed by atoms with Gasteiger partial charge in [-0.2, -0.15) is 0 Å². The van der Waals surface area contributed by atoms with Crippen LogP contribution in [0.1, 0.15) is 32.3 Å². The topological polar surface area (TPSA) is 80.0 Å². The molecule has 6 heteroatoms. The average molecular weight is 332 g/mol. The quantitative estimate of drug-likeness (QED) is 0.614. The van der Waals surface area contributed by atoms with Crippen LogP contribution in [-0.4, -0.2) is 43.0 Å². The predicted molar refractivity (Wildman–Crippen MR) is 95.9 cm³/mol.